The Morgan fingerprint density at radius 3 is 2.33 bits per heavy atom. The Morgan fingerprint density at radius 1 is 1.03 bits per heavy atom. The highest BCUT2D eigenvalue weighted by Gasteiger charge is 2.23. The van der Waals surface area contributed by atoms with Crippen molar-refractivity contribution in [2.75, 3.05) is 0 Å². The Morgan fingerprint density at radius 2 is 1.67 bits per heavy atom. The SMILES string of the molecule is Cc1cc(=O)n([C@H](C)C(=O)NCc2ccccc2)c2c1c(C)nn2-c1ccccc1. The first-order chi connectivity index (χ1) is 14.5. The van der Waals surface area contributed by atoms with Crippen molar-refractivity contribution < 1.29 is 4.79 Å². The molecule has 0 saturated carbocycles. The van der Waals surface area contributed by atoms with Gasteiger partial charge in [-0.3, -0.25) is 14.2 Å². The number of hydrogen-bond acceptors (Lipinski definition) is 3. The molecule has 2 heterocycles. The van der Waals surface area contributed by atoms with Crippen LogP contribution >= 0.6 is 0 Å². The Bertz CT molecular complexity index is 1260. The maximum Gasteiger partial charge on any atom is 0.253 e. The van der Waals surface area contributed by atoms with Crippen LogP contribution in [0.3, 0.4) is 0 Å². The molecule has 6 nitrogen and oxygen atoms in total. The number of carbonyl (C=O) groups excluding carboxylic acids is 1. The van der Waals surface area contributed by atoms with Gasteiger partial charge in [-0.05, 0) is 44.0 Å². The van der Waals surface area contributed by atoms with E-state index in [4.69, 9.17) is 0 Å². The molecule has 0 bridgehead atoms. The highest BCUT2D eigenvalue weighted by atomic mass is 16.2. The molecule has 0 fully saturated rings. The maximum atomic E-state index is 13.0. The van der Waals surface area contributed by atoms with Crippen molar-refractivity contribution in [2.45, 2.75) is 33.4 Å². The molecular weight excluding hydrogens is 376 g/mol. The Labute approximate surface area is 174 Å². The van der Waals surface area contributed by atoms with Gasteiger partial charge in [0.05, 0.1) is 11.4 Å². The minimum atomic E-state index is -0.692. The summed E-state index contributed by atoms with van der Waals surface area (Å²) in [5.74, 6) is -0.218. The number of para-hydroxylation sites is 1. The summed E-state index contributed by atoms with van der Waals surface area (Å²) in [6.07, 6.45) is 0. The molecule has 2 aromatic carbocycles. The monoisotopic (exact) mass is 400 g/mol. The van der Waals surface area contributed by atoms with E-state index in [2.05, 4.69) is 10.4 Å². The molecule has 30 heavy (non-hydrogen) atoms. The molecule has 152 valence electrons. The Hall–Kier alpha value is -3.67. The van der Waals surface area contributed by atoms with Crippen LogP contribution in [0.1, 0.15) is 29.8 Å². The fourth-order valence-corrected chi connectivity index (χ4v) is 3.80. The molecule has 0 spiro atoms. The zero-order valence-electron chi connectivity index (χ0n) is 17.3. The van der Waals surface area contributed by atoms with Crippen LogP contribution in [0.4, 0.5) is 0 Å². The lowest BCUT2D eigenvalue weighted by molar-refractivity contribution is -0.124. The number of aromatic nitrogens is 3. The topological polar surface area (TPSA) is 68.9 Å². The molecule has 0 unspecified atom stereocenters. The van der Waals surface area contributed by atoms with E-state index in [1.54, 1.807) is 17.7 Å². The summed E-state index contributed by atoms with van der Waals surface area (Å²) in [6.45, 7) is 5.97. The number of pyridine rings is 1. The molecular formula is C24H24N4O2. The van der Waals surface area contributed by atoms with Gasteiger partial charge in [0.25, 0.3) is 5.56 Å². The van der Waals surface area contributed by atoms with Gasteiger partial charge in [-0.25, -0.2) is 4.68 Å². The van der Waals surface area contributed by atoms with E-state index in [1.165, 1.54) is 4.57 Å². The van der Waals surface area contributed by atoms with E-state index in [0.29, 0.717) is 12.2 Å². The number of hydrogen-bond donors (Lipinski definition) is 1. The molecule has 1 amide bonds. The normalized spacial score (nSPS) is 12.1. The summed E-state index contributed by atoms with van der Waals surface area (Å²) in [6, 6.07) is 20.2. The molecule has 0 aliphatic heterocycles. The lowest BCUT2D eigenvalue weighted by Crippen LogP contribution is -2.36. The number of aryl methyl sites for hydroxylation is 2. The summed E-state index contributed by atoms with van der Waals surface area (Å²) in [5.41, 5.74) is 3.92. The van der Waals surface area contributed by atoms with Gasteiger partial charge in [-0.1, -0.05) is 48.5 Å². The van der Waals surface area contributed by atoms with Crippen molar-refractivity contribution in [1.29, 1.82) is 0 Å². The third-order valence-electron chi connectivity index (χ3n) is 5.31. The molecule has 1 N–H and O–H groups in total. The van der Waals surface area contributed by atoms with Crippen LogP contribution in [0.2, 0.25) is 0 Å². The summed E-state index contributed by atoms with van der Waals surface area (Å²) in [7, 11) is 0. The minimum absolute atomic E-state index is 0.218. The molecule has 0 aliphatic rings. The number of nitrogens with zero attached hydrogens (tertiary/aromatic N) is 3. The highest BCUT2D eigenvalue weighted by Crippen LogP contribution is 2.25. The second kappa shape index (κ2) is 7.99. The van der Waals surface area contributed by atoms with E-state index in [0.717, 1.165) is 27.9 Å². The number of fused-ring (bicyclic) bond motifs is 1. The van der Waals surface area contributed by atoms with Crippen LogP contribution in [-0.2, 0) is 11.3 Å². The molecule has 2 aromatic heterocycles. The number of rotatable bonds is 5. The zero-order valence-corrected chi connectivity index (χ0v) is 17.3. The van der Waals surface area contributed by atoms with Gasteiger partial charge in [0.1, 0.15) is 11.7 Å². The van der Waals surface area contributed by atoms with Gasteiger partial charge in [-0.2, -0.15) is 5.10 Å². The Balaban J connectivity index is 1.80. The van der Waals surface area contributed by atoms with Gasteiger partial charge in [0, 0.05) is 18.0 Å². The quantitative estimate of drug-likeness (QED) is 0.556. The second-order valence-electron chi connectivity index (χ2n) is 7.45. The molecule has 1 atom stereocenters. The average Bonchev–Trinajstić information content (AvgIpc) is 3.10. The predicted molar refractivity (Wildman–Crippen MR) is 118 cm³/mol. The van der Waals surface area contributed by atoms with E-state index in [-0.39, 0.29) is 11.5 Å². The van der Waals surface area contributed by atoms with Crippen LogP contribution in [0, 0.1) is 13.8 Å². The van der Waals surface area contributed by atoms with Crippen molar-refractivity contribution in [2.24, 2.45) is 0 Å². The highest BCUT2D eigenvalue weighted by molar-refractivity contribution is 5.87. The minimum Gasteiger partial charge on any atom is -0.350 e. The molecule has 0 aliphatic carbocycles. The lowest BCUT2D eigenvalue weighted by Gasteiger charge is -2.18. The maximum absolute atomic E-state index is 13.0. The van der Waals surface area contributed by atoms with Crippen LogP contribution in [-0.4, -0.2) is 20.3 Å². The van der Waals surface area contributed by atoms with E-state index < -0.39 is 6.04 Å². The summed E-state index contributed by atoms with van der Waals surface area (Å²) in [4.78, 5) is 26.0. The van der Waals surface area contributed by atoms with E-state index in [1.807, 2.05) is 74.5 Å². The van der Waals surface area contributed by atoms with Gasteiger partial charge in [-0.15, -0.1) is 0 Å². The summed E-state index contributed by atoms with van der Waals surface area (Å²) in [5, 5.41) is 8.51. The van der Waals surface area contributed by atoms with E-state index in [9.17, 15) is 9.59 Å². The molecule has 6 heteroatoms. The molecule has 0 saturated heterocycles. The van der Waals surface area contributed by atoms with Crippen molar-refractivity contribution in [3.63, 3.8) is 0 Å². The fraction of sp³-hybridized carbons (Fsp3) is 0.208. The first-order valence-electron chi connectivity index (χ1n) is 9.96. The van der Waals surface area contributed by atoms with Crippen LogP contribution < -0.4 is 10.9 Å². The number of carbonyl (C=O) groups is 1. The summed E-state index contributed by atoms with van der Waals surface area (Å²) >= 11 is 0. The van der Waals surface area contributed by atoms with Crippen molar-refractivity contribution in [3.8, 4) is 5.69 Å². The van der Waals surface area contributed by atoms with Gasteiger partial charge in [0.2, 0.25) is 5.91 Å². The van der Waals surface area contributed by atoms with Crippen LogP contribution in [0.25, 0.3) is 16.7 Å². The first-order valence-corrected chi connectivity index (χ1v) is 9.96. The van der Waals surface area contributed by atoms with Crippen LogP contribution in [0.15, 0.2) is 71.5 Å². The van der Waals surface area contributed by atoms with Crippen LogP contribution in [0.5, 0.6) is 0 Å². The zero-order chi connectivity index (χ0) is 21.3. The summed E-state index contributed by atoms with van der Waals surface area (Å²) < 4.78 is 3.29. The average molecular weight is 400 g/mol. The number of nitrogens with one attached hydrogen (secondary N) is 1. The Kier molecular flexibility index (Phi) is 5.23. The molecule has 4 rings (SSSR count). The molecule has 0 radical (unpaired) electrons. The van der Waals surface area contributed by atoms with E-state index >= 15 is 0 Å². The predicted octanol–water partition coefficient (Wildman–Crippen LogP) is 3.68. The van der Waals surface area contributed by atoms with Gasteiger partial charge < -0.3 is 5.32 Å². The fourth-order valence-electron chi connectivity index (χ4n) is 3.80. The largest absolute Gasteiger partial charge is 0.350 e. The smallest absolute Gasteiger partial charge is 0.253 e. The second-order valence-corrected chi connectivity index (χ2v) is 7.45. The molecule has 4 aromatic rings. The van der Waals surface area contributed by atoms with Gasteiger partial charge in [0.15, 0.2) is 0 Å². The van der Waals surface area contributed by atoms with Crippen molar-refractivity contribution >= 4 is 16.9 Å². The van der Waals surface area contributed by atoms with Crippen molar-refractivity contribution in [3.05, 3.63) is 93.9 Å². The first kappa shape index (κ1) is 19.6. The number of benzene rings is 2. The van der Waals surface area contributed by atoms with Gasteiger partial charge >= 0.3 is 0 Å². The standard InChI is InChI=1S/C24H24N4O2/c1-16-14-21(29)27(18(3)23(30)25-15-19-10-6-4-7-11-19)24-22(16)17(2)26-28(24)20-12-8-5-9-13-20/h4-14,18H,15H2,1-3H3,(H,25,30)/t18-/m1/s1. The third-order valence-corrected chi connectivity index (χ3v) is 5.31. The van der Waals surface area contributed by atoms with Crippen molar-refractivity contribution in [1.82, 2.24) is 19.7 Å². The lowest BCUT2D eigenvalue weighted by atomic mass is 10.1. The number of amides is 1. The third kappa shape index (κ3) is 3.52.